The Labute approximate surface area is 139 Å². The van der Waals surface area contributed by atoms with Gasteiger partial charge in [-0.05, 0) is 25.1 Å². The van der Waals surface area contributed by atoms with E-state index >= 15 is 0 Å². The molecule has 0 bridgehead atoms. The first-order valence-corrected chi connectivity index (χ1v) is 7.60. The average Bonchev–Trinajstić information content (AvgIpc) is 3.11. The van der Waals surface area contributed by atoms with Crippen LogP contribution < -0.4 is 20.3 Å². The molecule has 3 amide bonds. The van der Waals surface area contributed by atoms with E-state index in [2.05, 4.69) is 15.6 Å². The number of hydrogen-bond acceptors (Lipinski definition) is 4. The van der Waals surface area contributed by atoms with Crippen molar-refractivity contribution in [3.63, 3.8) is 0 Å². The molecule has 0 fully saturated rings. The number of urea groups is 1. The Morgan fingerprint density at radius 1 is 1.46 bits per heavy atom. The van der Waals surface area contributed by atoms with Gasteiger partial charge in [0.15, 0.2) is 6.61 Å². The number of amides is 3. The van der Waals surface area contributed by atoms with Crippen molar-refractivity contribution in [3.05, 3.63) is 36.9 Å². The van der Waals surface area contributed by atoms with Crippen molar-refractivity contribution in [1.82, 2.24) is 14.9 Å². The van der Waals surface area contributed by atoms with Gasteiger partial charge >= 0.3 is 6.03 Å². The van der Waals surface area contributed by atoms with Gasteiger partial charge in [0, 0.05) is 37.7 Å². The first-order valence-electron chi connectivity index (χ1n) is 7.60. The molecule has 0 aliphatic carbocycles. The Balaban J connectivity index is 1.60. The van der Waals surface area contributed by atoms with Gasteiger partial charge in [-0.25, -0.2) is 9.78 Å². The standard InChI is InChI=1S/C16H19N5O3/c1-11(21-6-5-17-10-21)8-18-16(23)19-12-3-4-14-13(7-12)20(2)15(22)9-24-14/h3-7,10-11H,8-9H2,1-2H3,(H2,18,19,23). The lowest BCUT2D eigenvalue weighted by atomic mass is 10.2. The van der Waals surface area contributed by atoms with Gasteiger partial charge in [-0.1, -0.05) is 0 Å². The zero-order valence-electron chi connectivity index (χ0n) is 13.5. The minimum absolute atomic E-state index is 0.0307. The maximum Gasteiger partial charge on any atom is 0.319 e. The number of nitrogens with zero attached hydrogens (tertiary/aromatic N) is 3. The summed E-state index contributed by atoms with van der Waals surface area (Å²) >= 11 is 0. The van der Waals surface area contributed by atoms with E-state index in [1.54, 1.807) is 37.8 Å². The second-order valence-corrected chi connectivity index (χ2v) is 5.62. The van der Waals surface area contributed by atoms with Crippen LogP contribution in [0.3, 0.4) is 0 Å². The number of aromatic nitrogens is 2. The van der Waals surface area contributed by atoms with Crippen molar-refractivity contribution in [2.45, 2.75) is 13.0 Å². The van der Waals surface area contributed by atoms with Crippen molar-refractivity contribution >= 4 is 23.3 Å². The fourth-order valence-electron chi connectivity index (χ4n) is 2.40. The molecular weight excluding hydrogens is 310 g/mol. The van der Waals surface area contributed by atoms with Crippen LogP contribution in [0.1, 0.15) is 13.0 Å². The molecule has 3 rings (SSSR count). The van der Waals surface area contributed by atoms with Gasteiger partial charge in [-0.3, -0.25) is 4.79 Å². The number of rotatable bonds is 4. The molecule has 2 heterocycles. The second kappa shape index (κ2) is 6.61. The van der Waals surface area contributed by atoms with E-state index < -0.39 is 0 Å². The summed E-state index contributed by atoms with van der Waals surface area (Å²) in [5, 5.41) is 5.57. The molecule has 126 valence electrons. The Bertz CT molecular complexity index is 744. The molecule has 24 heavy (non-hydrogen) atoms. The molecule has 1 aliphatic rings. The second-order valence-electron chi connectivity index (χ2n) is 5.62. The number of anilines is 2. The average molecular weight is 329 g/mol. The summed E-state index contributed by atoms with van der Waals surface area (Å²) in [6.45, 7) is 2.48. The van der Waals surface area contributed by atoms with E-state index in [0.29, 0.717) is 23.7 Å². The van der Waals surface area contributed by atoms with Crippen molar-refractivity contribution in [3.8, 4) is 5.75 Å². The van der Waals surface area contributed by atoms with Crippen LogP contribution in [0.4, 0.5) is 16.2 Å². The smallest absolute Gasteiger partial charge is 0.319 e. The normalized spacial score (nSPS) is 14.6. The van der Waals surface area contributed by atoms with Crippen LogP contribution in [0.5, 0.6) is 5.75 Å². The molecule has 0 radical (unpaired) electrons. The monoisotopic (exact) mass is 329 g/mol. The highest BCUT2D eigenvalue weighted by molar-refractivity contribution is 5.99. The molecule has 1 atom stereocenters. The summed E-state index contributed by atoms with van der Waals surface area (Å²) in [6, 6.07) is 4.97. The van der Waals surface area contributed by atoms with Gasteiger partial charge in [0.2, 0.25) is 0 Å². The van der Waals surface area contributed by atoms with E-state index in [1.165, 1.54) is 4.90 Å². The lowest BCUT2D eigenvalue weighted by Crippen LogP contribution is -2.36. The highest BCUT2D eigenvalue weighted by Gasteiger charge is 2.22. The lowest BCUT2D eigenvalue weighted by molar-refractivity contribution is -0.120. The number of benzene rings is 1. The summed E-state index contributed by atoms with van der Waals surface area (Å²) in [5.74, 6) is 0.495. The maximum atomic E-state index is 12.0. The zero-order chi connectivity index (χ0) is 17.1. The fourth-order valence-corrected chi connectivity index (χ4v) is 2.40. The fraction of sp³-hybridized carbons (Fsp3) is 0.312. The number of carbonyl (C=O) groups excluding carboxylic acids is 2. The summed E-state index contributed by atoms with van der Waals surface area (Å²) < 4.78 is 7.27. The largest absolute Gasteiger partial charge is 0.482 e. The van der Waals surface area contributed by atoms with E-state index in [-0.39, 0.29) is 24.6 Å². The van der Waals surface area contributed by atoms with Crippen molar-refractivity contribution in [2.75, 3.05) is 30.4 Å². The Hall–Kier alpha value is -3.03. The predicted molar refractivity (Wildman–Crippen MR) is 89.3 cm³/mol. The van der Waals surface area contributed by atoms with Gasteiger partial charge in [-0.15, -0.1) is 0 Å². The third-order valence-electron chi connectivity index (χ3n) is 3.90. The van der Waals surface area contributed by atoms with Gasteiger partial charge in [-0.2, -0.15) is 0 Å². The molecule has 1 unspecified atom stereocenters. The third kappa shape index (κ3) is 3.32. The van der Waals surface area contributed by atoms with Gasteiger partial charge in [0.1, 0.15) is 5.75 Å². The highest BCUT2D eigenvalue weighted by Crippen LogP contribution is 2.33. The van der Waals surface area contributed by atoms with Crippen LogP contribution >= 0.6 is 0 Å². The number of fused-ring (bicyclic) bond motifs is 1. The molecule has 1 aliphatic heterocycles. The van der Waals surface area contributed by atoms with Crippen LogP contribution in [-0.4, -0.2) is 41.7 Å². The minimum atomic E-state index is -0.312. The molecule has 2 N–H and O–H groups in total. The van der Waals surface area contributed by atoms with Gasteiger partial charge < -0.3 is 24.8 Å². The quantitative estimate of drug-likeness (QED) is 0.892. The number of imidazole rings is 1. The van der Waals surface area contributed by atoms with E-state index in [1.807, 2.05) is 17.7 Å². The number of nitrogens with one attached hydrogen (secondary N) is 2. The topological polar surface area (TPSA) is 88.5 Å². The van der Waals surface area contributed by atoms with Crippen LogP contribution in [0.2, 0.25) is 0 Å². The molecule has 2 aromatic rings. The van der Waals surface area contributed by atoms with Crippen molar-refractivity contribution in [2.24, 2.45) is 0 Å². The molecule has 8 nitrogen and oxygen atoms in total. The molecule has 0 saturated carbocycles. The van der Waals surface area contributed by atoms with Gasteiger partial charge in [0.25, 0.3) is 5.91 Å². The summed E-state index contributed by atoms with van der Waals surface area (Å²) in [7, 11) is 1.68. The molecule has 1 aromatic carbocycles. The Morgan fingerprint density at radius 2 is 2.29 bits per heavy atom. The van der Waals surface area contributed by atoms with E-state index in [9.17, 15) is 9.59 Å². The summed E-state index contributed by atoms with van der Waals surface area (Å²) in [6.07, 6.45) is 5.25. The summed E-state index contributed by atoms with van der Waals surface area (Å²) in [5.41, 5.74) is 1.22. The molecule has 0 saturated heterocycles. The zero-order valence-corrected chi connectivity index (χ0v) is 13.5. The maximum absolute atomic E-state index is 12.0. The van der Waals surface area contributed by atoms with E-state index in [0.717, 1.165) is 0 Å². The van der Waals surface area contributed by atoms with Crippen LogP contribution in [0.25, 0.3) is 0 Å². The van der Waals surface area contributed by atoms with Crippen LogP contribution in [-0.2, 0) is 4.79 Å². The molecule has 8 heteroatoms. The Morgan fingerprint density at radius 3 is 3.04 bits per heavy atom. The summed E-state index contributed by atoms with van der Waals surface area (Å²) in [4.78, 5) is 29.2. The highest BCUT2D eigenvalue weighted by atomic mass is 16.5. The lowest BCUT2D eigenvalue weighted by Gasteiger charge is -2.26. The SMILES string of the molecule is CC(CNC(=O)Nc1ccc2c(c1)N(C)C(=O)CO2)n1ccnc1. The Kier molecular flexibility index (Phi) is 4.37. The van der Waals surface area contributed by atoms with Crippen LogP contribution in [0.15, 0.2) is 36.9 Å². The first kappa shape index (κ1) is 15.9. The number of ether oxygens (including phenoxy) is 1. The number of likely N-dealkylation sites (N-methyl/N-ethyl adjacent to an activating group) is 1. The van der Waals surface area contributed by atoms with Crippen molar-refractivity contribution < 1.29 is 14.3 Å². The van der Waals surface area contributed by atoms with Gasteiger partial charge in [0.05, 0.1) is 12.0 Å². The predicted octanol–water partition coefficient (Wildman–Crippen LogP) is 1.62. The number of carbonyl (C=O) groups is 2. The number of hydrogen-bond donors (Lipinski definition) is 2. The van der Waals surface area contributed by atoms with Crippen molar-refractivity contribution in [1.29, 1.82) is 0 Å². The minimum Gasteiger partial charge on any atom is -0.482 e. The van der Waals surface area contributed by atoms with E-state index in [4.69, 9.17) is 4.74 Å². The molecule has 0 spiro atoms. The first-order chi connectivity index (χ1) is 11.5. The van der Waals surface area contributed by atoms with Crippen LogP contribution in [0, 0.1) is 0 Å². The molecule has 1 aromatic heterocycles. The third-order valence-corrected chi connectivity index (χ3v) is 3.90. The molecular formula is C16H19N5O3.